The summed E-state index contributed by atoms with van der Waals surface area (Å²) in [6.07, 6.45) is 0.938. The lowest BCUT2D eigenvalue weighted by molar-refractivity contribution is 0.129. The fourth-order valence-corrected chi connectivity index (χ4v) is 2.99. The van der Waals surface area contributed by atoms with Gasteiger partial charge in [-0.05, 0) is 50.6 Å². The minimum atomic E-state index is -0.572. The quantitative estimate of drug-likeness (QED) is 0.541. The number of rotatable bonds is 4. The SMILES string of the molecule is Cc1[nH]nc(-c2ccccn2)c1-c1ccc2c(NC(=O)OC(C)C)noc2c1. The van der Waals surface area contributed by atoms with Gasteiger partial charge in [0.2, 0.25) is 0 Å². The number of aromatic amines is 1. The molecule has 0 saturated heterocycles. The van der Waals surface area contributed by atoms with Gasteiger partial charge in [-0.1, -0.05) is 17.3 Å². The predicted molar refractivity (Wildman–Crippen MR) is 105 cm³/mol. The molecule has 142 valence electrons. The van der Waals surface area contributed by atoms with Crippen LogP contribution in [0.4, 0.5) is 10.6 Å². The Kier molecular flexibility index (Phi) is 4.52. The second-order valence-corrected chi connectivity index (χ2v) is 6.61. The second-order valence-electron chi connectivity index (χ2n) is 6.61. The van der Waals surface area contributed by atoms with E-state index in [2.05, 4.69) is 25.7 Å². The molecule has 0 aliphatic rings. The van der Waals surface area contributed by atoms with Crippen molar-refractivity contribution in [3.05, 3.63) is 48.3 Å². The number of anilines is 1. The summed E-state index contributed by atoms with van der Waals surface area (Å²) in [4.78, 5) is 16.2. The fourth-order valence-electron chi connectivity index (χ4n) is 2.99. The van der Waals surface area contributed by atoms with E-state index in [-0.39, 0.29) is 6.10 Å². The minimum Gasteiger partial charge on any atom is -0.447 e. The van der Waals surface area contributed by atoms with Gasteiger partial charge in [0.05, 0.1) is 17.2 Å². The highest BCUT2D eigenvalue weighted by atomic mass is 16.6. The van der Waals surface area contributed by atoms with Crippen LogP contribution in [0.25, 0.3) is 33.5 Å². The van der Waals surface area contributed by atoms with Crippen molar-refractivity contribution >= 4 is 22.9 Å². The Bertz CT molecular complexity index is 1130. The Morgan fingerprint density at radius 2 is 2.11 bits per heavy atom. The van der Waals surface area contributed by atoms with Crippen LogP contribution in [-0.4, -0.2) is 32.5 Å². The van der Waals surface area contributed by atoms with Crippen molar-refractivity contribution in [2.24, 2.45) is 0 Å². The van der Waals surface area contributed by atoms with Gasteiger partial charge in [0, 0.05) is 17.5 Å². The lowest BCUT2D eigenvalue weighted by Crippen LogP contribution is -2.18. The number of nitrogens with zero attached hydrogens (tertiary/aromatic N) is 3. The van der Waals surface area contributed by atoms with E-state index in [1.807, 2.05) is 43.3 Å². The lowest BCUT2D eigenvalue weighted by atomic mass is 10.0. The number of fused-ring (bicyclic) bond motifs is 1. The predicted octanol–water partition coefficient (Wildman–Crippen LogP) is 4.55. The van der Waals surface area contributed by atoms with Crippen LogP contribution in [0.5, 0.6) is 0 Å². The molecule has 0 saturated carbocycles. The Balaban J connectivity index is 1.71. The third-order valence-electron chi connectivity index (χ3n) is 4.18. The molecule has 3 aromatic heterocycles. The molecular formula is C20H19N5O3. The number of ether oxygens (including phenoxy) is 1. The molecule has 0 atom stereocenters. The monoisotopic (exact) mass is 377 g/mol. The van der Waals surface area contributed by atoms with Crippen LogP contribution < -0.4 is 5.32 Å². The number of hydrogen-bond acceptors (Lipinski definition) is 6. The molecule has 0 aliphatic carbocycles. The number of carbonyl (C=O) groups is 1. The summed E-state index contributed by atoms with van der Waals surface area (Å²) in [6.45, 7) is 5.51. The van der Waals surface area contributed by atoms with Crippen LogP contribution in [0, 0.1) is 6.92 Å². The molecule has 8 nitrogen and oxygen atoms in total. The number of pyridine rings is 1. The average molecular weight is 377 g/mol. The van der Waals surface area contributed by atoms with Gasteiger partial charge in [-0.15, -0.1) is 0 Å². The molecule has 0 radical (unpaired) electrons. The summed E-state index contributed by atoms with van der Waals surface area (Å²) in [5.41, 5.74) is 4.84. The molecule has 0 spiro atoms. The Hall–Kier alpha value is -3.68. The van der Waals surface area contributed by atoms with E-state index in [1.165, 1.54) is 0 Å². The first-order chi connectivity index (χ1) is 13.5. The number of aryl methyl sites for hydroxylation is 1. The normalized spacial score (nSPS) is 11.1. The van der Waals surface area contributed by atoms with Gasteiger partial charge in [-0.2, -0.15) is 5.10 Å². The molecule has 4 aromatic rings. The Labute approximate surface area is 160 Å². The number of amides is 1. The number of H-pyrrole nitrogens is 1. The first kappa shape index (κ1) is 17.7. The maximum Gasteiger partial charge on any atom is 0.413 e. The van der Waals surface area contributed by atoms with Gasteiger partial charge in [-0.3, -0.25) is 15.4 Å². The van der Waals surface area contributed by atoms with Gasteiger partial charge < -0.3 is 9.26 Å². The van der Waals surface area contributed by atoms with E-state index in [0.29, 0.717) is 16.8 Å². The van der Waals surface area contributed by atoms with Crippen LogP contribution in [-0.2, 0) is 4.74 Å². The smallest absolute Gasteiger partial charge is 0.413 e. The molecule has 4 rings (SSSR count). The topological polar surface area (TPSA) is 106 Å². The maximum absolute atomic E-state index is 11.8. The van der Waals surface area contributed by atoms with E-state index in [1.54, 1.807) is 20.0 Å². The van der Waals surface area contributed by atoms with E-state index in [0.717, 1.165) is 28.2 Å². The number of hydrogen-bond donors (Lipinski definition) is 2. The largest absolute Gasteiger partial charge is 0.447 e. The van der Waals surface area contributed by atoms with Crippen molar-refractivity contribution in [2.75, 3.05) is 5.32 Å². The molecule has 28 heavy (non-hydrogen) atoms. The van der Waals surface area contributed by atoms with Crippen LogP contribution in [0.1, 0.15) is 19.5 Å². The van der Waals surface area contributed by atoms with Gasteiger partial charge in [0.15, 0.2) is 11.4 Å². The third kappa shape index (κ3) is 3.32. The third-order valence-corrected chi connectivity index (χ3v) is 4.18. The number of carbonyl (C=O) groups excluding carboxylic acids is 1. The van der Waals surface area contributed by atoms with E-state index >= 15 is 0 Å². The molecule has 0 bridgehead atoms. The van der Waals surface area contributed by atoms with Crippen molar-refractivity contribution in [3.63, 3.8) is 0 Å². The molecule has 1 aromatic carbocycles. The van der Waals surface area contributed by atoms with Crippen LogP contribution in [0.2, 0.25) is 0 Å². The summed E-state index contributed by atoms with van der Waals surface area (Å²) >= 11 is 0. The Morgan fingerprint density at radius 3 is 2.86 bits per heavy atom. The zero-order valence-corrected chi connectivity index (χ0v) is 15.7. The summed E-state index contributed by atoms with van der Waals surface area (Å²) in [5, 5.41) is 14.7. The van der Waals surface area contributed by atoms with E-state index in [4.69, 9.17) is 9.26 Å². The van der Waals surface area contributed by atoms with Crippen LogP contribution >= 0.6 is 0 Å². The van der Waals surface area contributed by atoms with Gasteiger partial charge in [-0.25, -0.2) is 4.79 Å². The van der Waals surface area contributed by atoms with E-state index in [9.17, 15) is 4.79 Å². The number of aromatic nitrogens is 4. The van der Waals surface area contributed by atoms with Gasteiger partial charge in [0.25, 0.3) is 0 Å². The summed E-state index contributed by atoms with van der Waals surface area (Å²) < 4.78 is 10.5. The maximum atomic E-state index is 11.8. The van der Waals surface area contributed by atoms with Crippen molar-refractivity contribution in [1.29, 1.82) is 0 Å². The van der Waals surface area contributed by atoms with Crippen molar-refractivity contribution in [3.8, 4) is 22.5 Å². The molecule has 0 unspecified atom stereocenters. The standard InChI is InChI=1S/C20H19N5O3/c1-11(2)27-20(26)22-19-14-8-7-13(10-16(14)28-25-19)17-12(3)23-24-18(17)15-6-4-5-9-21-15/h4-11H,1-3H3,(H,23,24)(H,22,25,26). The highest BCUT2D eigenvalue weighted by Gasteiger charge is 2.18. The summed E-state index contributed by atoms with van der Waals surface area (Å²) in [6, 6.07) is 11.3. The molecule has 2 N–H and O–H groups in total. The number of benzene rings is 1. The van der Waals surface area contributed by atoms with Gasteiger partial charge in [0.1, 0.15) is 5.69 Å². The summed E-state index contributed by atoms with van der Waals surface area (Å²) in [5.74, 6) is 0.320. The van der Waals surface area contributed by atoms with E-state index < -0.39 is 6.09 Å². The lowest BCUT2D eigenvalue weighted by Gasteiger charge is -2.07. The van der Waals surface area contributed by atoms with Crippen molar-refractivity contribution < 1.29 is 14.1 Å². The second kappa shape index (κ2) is 7.15. The molecule has 3 heterocycles. The number of nitrogens with one attached hydrogen (secondary N) is 2. The van der Waals surface area contributed by atoms with Crippen molar-refractivity contribution in [2.45, 2.75) is 26.9 Å². The zero-order chi connectivity index (χ0) is 19.7. The van der Waals surface area contributed by atoms with Gasteiger partial charge >= 0.3 is 6.09 Å². The van der Waals surface area contributed by atoms with Crippen LogP contribution in [0.3, 0.4) is 0 Å². The van der Waals surface area contributed by atoms with Crippen LogP contribution in [0.15, 0.2) is 47.1 Å². The molecule has 0 aliphatic heterocycles. The highest BCUT2D eigenvalue weighted by molar-refractivity contribution is 5.98. The highest BCUT2D eigenvalue weighted by Crippen LogP contribution is 2.35. The fraction of sp³-hybridized carbons (Fsp3) is 0.200. The summed E-state index contributed by atoms with van der Waals surface area (Å²) in [7, 11) is 0. The first-order valence-electron chi connectivity index (χ1n) is 8.86. The Morgan fingerprint density at radius 1 is 1.25 bits per heavy atom. The molecular weight excluding hydrogens is 358 g/mol. The zero-order valence-electron chi connectivity index (χ0n) is 15.7. The average Bonchev–Trinajstić information content (AvgIpc) is 3.25. The first-order valence-corrected chi connectivity index (χ1v) is 8.86. The molecule has 8 heteroatoms. The molecule has 1 amide bonds. The minimum absolute atomic E-state index is 0.223. The molecule has 0 fully saturated rings. The van der Waals surface area contributed by atoms with Crippen molar-refractivity contribution in [1.82, 2.24) is 20.3 Å².